The first-order valence-corrected chi connectivity index (χ1v) is 36.6. The molecule has 31 nitrogen and oxygen atoms in total. The summed E-state index contributed by atoms with van der Waals surface area (Å²) < 4.78 is 64.1. The van der Waals surface area contributed by atoms with E-state index in [-0.39, 0.29) is 59.3 Å². The molecule has 9 fully saturated rings. The topological polar surface area (TPSA) is 477 Å². The van der Waals surface area contributed by atoms with Gasteiger partial charge in [-0.2, -0.15) is 0 Å². The molecule has 32 atom stereocenters. The molecule has 2 aromatic carbocycles. The summed E-state index contributed by atoms with van der Waals surface area (Å²) in [5.41, 5.74) is 0.201. The van der Waals surface area contributed by atoms with Crippen molar-refractivity contribution in [2.24, 2.45) is 50.2 Å². The monoisotopic (exact) mass is 1490 g/mol. The molecule has 4 saturated carbocycles. The van der Waals surface area contributed by atoms with Crippen LogP contribution in [0.5, 0.6) is 0 Å². The number of amides is 1. The Morgan fingerprint density at radius 3 is 1.84 bits per heavy atom. The number of imidazole rings is 1. The lowest BCUT2D eigenvalue weighted by Gasteiger charge is -2.71. The quantitative estimate of drug-likeness (QED) is 0.0464. The second-order valence-electron chi connectivity index (χ2n) is 32.9. The van der Waals surface area contributed by atoms with Gasteiger partial charge in [-0.25, -0.2) is 9.78 Å². The van der Waals surface area contributed by atoms with Gasteiger partial charge in [-0.05, 0) is 135 Å². The molecule has 0 bridgehead atoms. The van der Waals surface area contributed by atoms with E-state index < -0.39 is 201 Å². The van der Waals surface area contributed by atoms with Crippen LogP contribution in [0.4, 0.5) is 10.7 Å². The van der Waals surface area contributed by atoms with E-state index in [1.165, 1.54) is 14.0 Å². The van der Waals surface area contributed by atoms with Gasteiger partial charge in [-0.1, -0.05) is 90.4 Å². The smallest absolute Gasteiger partial charge is 0.413 e. The Labute approximate surface area is 608 Å². The Bertz CT molecular complexity index is 3580. The number of nitrogens with zero attached hydrogens (tertiary/aromatic N) is 1. The fraction of sp³-hybridized carbons (Fsp3) is 0.757. The van der Waals surface area contributed by atoms with E-state index in [1.807, 2.05) is 18.2 Å². The molecule has 10 aliphatic rings. The Balaban J connectivity index is 0.000000399. The SMILES string of the molecule is CC1OC(OC2CCC3(C)C(CCC4(C)C3CC=C3C5CC(C)(C)CCC5(C(=O)OC5OCC(O)C(O)C5OC5OC(C)C(OC6OC(CO)C(O)C(O)C6O)C(O)C5O)C(O)CC34C)C2(C)C)C(O)C(O)C1OC1OCC(O)C(O)C1O.COC(=O)Nc1nc2ccc(C(=O)c3ccccc3)cc2[nH]1. The number of carbonyl (C=O) groups is 3. The van der Waals surface area contributed by atoms with E-state index in [0.717, 1.165) is 24.8 Å². The Morgan fingerprint density at radius 1 is 0.600 bits per heavy atom. The van der Waals surface area contributed by atoms with Crippen LogP contribution in [0.15, 0.2) is 60.2 Å². The molecule has 32 unspecified atom stereocenters. The molecule has 13 rings (SSSR count). The number of esters is 1. The zero-order valence-corrected chi connectivity index (χ0v) is 60.8. The molecule has 3 aromatic rings. The maximum atomic E-state index is 15.4. The number of allylic oxidation sites excluding steroid dienone is 2. The van der Waals surface area contributed by atoms with Crippen LogP contribution in [0.1, 0.15) is 136 Å². The van der Waals surface area contributed by atoms with Gasteiger partial charge in [-0.3, -0.25) is 14.9 Å². The van der Waals surface area contributed by atoms with Gasteiger partial charge in [0.25, 0.3) is 0 Å². The molecule has 1 amide bonds. The fourth-order valence-corrected chi connectivity index (χ4v) is 19.6. The van der Waals surface area contributed by atoms with E-state index in [1.54, 1.807) is 37.3 Å². The first-order valence-electron chi connectivity index (χ1n) is 36.6. The molecule has 0 radical (unpaired) electrons. The van der Waals surface area contributed by atoms with E-state index in [4.69, 9.17) is 47.4 Å². The minimum atomic E-state index is -1.93. The lowest BCUT2D eigenvalue weighted by Crippen LogP contribution is -2.68. The van der Waals surface area contributed by atoms with Crippen LogP contribution in [-0.4, -0.2) is 280 Å². The number of hydrogen-bond acceptors (Lipinski definition) is 29. The van der Waals surface area contributed by atoms with Gasteiger partial charge < -0.3 is 129 Å². The van der Waals surface area contributed by atoms with E-state index in [2.05, 4.69) is 74.6 Å². The van der Waals surface area contributed by atoms with Crippen molar-refractivity contribution in [2.45, 2.75) is 274 Å². The van der Waals surface area contributed by atoms with Crippen molar-refractivity contribution in [1.29, 1.82) is 0 Å². The second-order valence-corrected chi connectivity index (χ2v) is 32.9. The van der Waals surface area contributed by atoms with Gasteiger partial charge in [0.2, 0.25) is 12.2 Å². The van der Waals surface area contributed by atoms with Gasteiger partial charge in [0.05, 0.1) is 62.4 Å². The van der Waals surface area contributed by atoms with Gasteiger partial charge in [-0.15, -0.1) is 0 Å². The molecule has 586 valence electrons. The van der Waals surface area contributed by atoms with Crippen molar-refractivity contribution in [1.82, 2.24) is 9.97 Å². The highest BCUT2D eigenvalue weighted by Crippen LogP contribution is 2.76. The molecule has 16 N–H and O–H groups in total. The minimum absolute atomic E-state index is 0.0698. The van der Waals surface area contributed by atoms with Crippen molar-refractivity contribution >= 4 is 34.8 Å². The number of ketones is 1. The summed E-state index contributed by atoms with van der Waals surface area (Å²) in [5, 5.41) is 155. The number of hydrogen-bond donors (Lipinski definition) is 16. The number of H-pyrrole nitrogens is 1. The van der Waals surface area contributed by atoms with Gasteiger partial charge in [0.15, 0.2) is 37.0 Å². The van der Waals surface area contributed by atoms with Crippen LogP contribution in [0.2, 0.25) is 0 Å². The normalized spacial score (nSPS) is 45.8. The number of benzene rings is 2. The van der Waals surface area contributed by atoms with Gasteiger partial charge in [0.1, 0.15) is 97.0 Å². The summed E-state index contributed by atoms with van der Waals surface area (Å²) >= 11 is 0. The Kier molecular flexibility index (Phi) is 23.1. The minimum Gasteiger partial charge on any atom is -0.453 e. The highest BCUT2D eigenvalue weighted by molar-refractivity contribution is 6.10. The van der Waals surface area contributed by atoms with E-state index in [9.17, 15) is 81.1 Å². The highest BCUT2D eigenvalue weighted by atomic mass is 16.8. The lowest BCUT2D eigenvalue weighted by molar-refractivity contribution is -0.374. The van der Waals surface area contributed by atoms with Gasteiger partial charge >= 0.3 is 12.1 Å². The molecule has 31 heteroatoms. The number of rotatable bonds is 14. The fourth-order valence-electron chi connectivity index (χ4n) is 19.6. The summed E-state index contributed by atoms with van der Waals surface area (Å²) in [6, 6.07) is 14.2. The predicted molar refractivity (Wildman–Crippen MR) is 364 cm³/mol. The summed E-state index contributed by atoms with van der Waals surface area (Å²) in [6.07, 6.45) is -29.8. The number of fused-ring (bicyclic) bond motifs is 8. The highest BCUT2D eigenvalue weighted by Gasteiger charge is 2.72. The number of aliphatic hydroxyl groups excluding tert-OH is 14. The van der Waals surface area contributed by atoms with E-state index in [0.29, 0.717) is 47.8 Å². The number of methoxy groups -OCH3 is 1. The van der Waals surface area contributed by atoms with Crippen molar-refractivity contribution in [3.05, 3.63) is 71.3 Å². The lowest BCUT2D eigenvalue weighted by atomic mass is 9.33. The van der Waals surface area contributed by atoms with Crippen LogP contribution in [0, 0.1) is 50.2 Å². The number of ether oxygens (including phenoxy) is 11. The first kappa shape index (κ1) is 79.7. The molecule has 1 aromatic heterocycles. The number of aliphatic hydroxyl groups is 14. The van der Waals surface area contributed by atoms with Crippen molar-refractivity contribution in [3.63, 3.8) is 0 Å². The average Bonchev–Trinajstić information content (AvgIpc) is 1.07. The molecule has 5 saturated heterocycles. The molecular formula is C74H107N3O28. The molecule has 5 aliphatic carbocycles. The van der Waals surface area contributed by atoms with Crippen molar-refractivity contribution < 1.29 is 138 Å². The predicted octanol–water partition coefficient (Wildman–Crippen LogP) is 1.07. The van der Waals surface area contributed by atoms with E-state index >= 15 is 4.79 Å². The number of anilines is 1. The molecule has 0 spiro atoms. The largest absolute Gasteiger partial charge is 0.453 e. The molecule has 6 heterocycles. The molecule has 5 aliphatic heterocycles. The van der Waals surface area contributed by atoms with Crippen LogP contribution < -0.4 is 5.32 Å². The zero-order valence-electron chi connectivity index (χ0n) is 60.8. The summed E-state index contributed by atoms with van der Waals surface area (Å²) in [6.45, 7) is 17.2. The second kappa shape index (κ2) is 30.4. The average molecular weight is 1490 g/mol. The van der Waals surface area contributed by atoms with Crippen LogP contribution in [-0.2, 0) is 56.9 Å². The maximum absolute atomic E-state index is 15.4. The summed E-state index contributed by atoms with van der Waals surface area (Å²) in [7, 11) is 1.27. The van der Waals surface area contributed by atoms with Crippen LogP contribution >= 0.6 is 0 Å². The number of carbonyl (C=O) groups excluding carboxylic acids is 3. The molecular weight excluding hydrogens is 1380 g/mol. The Morgan fingerprint density at radius 2 is 1.19 bits per heavy atom. The third-order valence-corrected chi connectivity index (χ3v) is 25.9. The number of aromatic amines is 1. The van der Waals surface area contributed by atoms with Crippen molar-refractivity contribution in [2.75, 3.05) is 32.2 Å². The van der Waals surface area contributed by atoms with Crippen LogP contribution in [0.3, 0.4) is 0 Å². The number of nitrogens with one attached hydrogen (secondary N) is 2. The number of aromatic nitrogens is 2. The summed E-state index contributed by atoms with van der Waals surface area (Å²) in [5.74, 6) is -0.802. The standard InChI is InChI=1S/C58H94O25.C16H13N3O3/c1-23-44(80-47-40(69)34(63)27(60)21-74-47)38(67)42(71)48(76-23)79-33-13-14-55(7)30(54(33,5)6)12-15-56(8)31(55)11-10-25-26-18-53(3,4)16-17-58(26,32(62)19-57(25,56)9)52(73)83-51-46(35(64)28(61)22-75-51)82-49-43(72)39(68)45(24(2)77-49)81-50-41(70)37(66)36(65)29(20-59)78-50;1-22-16(21)19-15-17-12-8-7-11(9-13(12)18-15)14(20)10-5-3-2-4-6-10/h10,23-24,26-51,59-72H,11-22H2,1-9H3;2-9H,1H3,(H2,17,18,19,21). The molecule has 105 heavy (non-hydrogen) atoms. The first-order chi connectivity index (χ1) is 49.4. The van der Waals surface area contributed by atoms with Crippen molar-refractivity contribution in [3.8, 4) is 0 Å². The van der Waals surface area contributed by atoms with Gasteiger partial charge in [0, 0.05) is 11.1 Å². The maximum Gasteiger partial charge on any atom is 0.413 e. The summed E-state index contributed by atoms with van der Waals surface area (Å²) in [4.78, 5) is 46.1. The Hall–Kier alpha value is -4.86. The van der Waals surface area contributed by atoms with Crippen LogP contribution in [0.25, 0.3) is 11.0 Å². The third kappa shape index (κ3) is 14.4. The third-order valence-electron chi connectivity index (χ3n) is 25.9. The zero-order chi connectivity index (χ0) is 76.1.